The minimum absolute atomic E-state index is 0.0220. The van der Waals surface area contributed by atoms with E-state index < -0.39 is 0 Å². The lowest BCUT2D eigenvalue weighted by atomic mass is 9.95. The molecule has 1 N–H and O–H groups in total. The highest BCUT2D eigenvalue weighted by molar-refractivity contribution is 5.93. The number of aryl methyl sites for hydroxylation is 1. The predicted molar refractivity (Wildman–Crippen MR) is 115 cm³/mol. The summed E-state index contributed by atoms with van der Waals surface area (Å²) in [5.74, 6) is 0.983. The van der Waals surface area contributed by atoms with Crippen molar-refractivity contribution in [3.05, 3.63) is 66.0 Å². The van der Waals surface area contributed by atoms with Gasteiger partial charge in [-0.3, -0.25) is 9.78 Å². The SMILES string of the molecule is Cc1cccc(NC(=O)C2CCN(c3ccc(-c4cccnc4)nn3)CC2)c1C. The smallest absolute Gasteiger partial charge is 0.227 e. The number of anilines is 2. The van der Waals surface area contributed by atoms with Gasteiger partial charge in [0.2, 0.25) is 5.91 Å². The third kappa shape index (κ3) is 4.26. The maximum atomic E-state index is 12.7. The zero-order valence-corrected chi connectivity index (χ0v) is 16.8. The Morgan fingerprint density at radius 3 is 2.55 bits per heavy atom. The van der Waals surface area contributed by atoms with E-state index in [1.807, 2.05) is 43.3 Å². The average Bonchev–Trinajstić information content (AvgIpc) is 2.78. The summed E-state index contributed by atoms with van der Waals surface area (Å²) < 4.78 is 0. The summed E-state index contributed by atoms with van der Waals surface area (Å²) in [6, 6.07) is 13.8. The van der Waals surface area contributed by atoms with Crippen molar-refractivity contribution < 1.29 is 4.79 Å². The number of hydrogen-bond acceptors (Lipinski definition) is 5. The second kappa shape index (κ2) is 8.39. The summed E-state index contributed by atoms with van der Waals surface area (Å²) >= 11 is 0. The molecule has 148 valence electrons. The predicted octanol–water partition coefficient (Wildman–Crippen LogP) is 4.01. The molecular weight excluding hydrogens is 362 g/mol. The fraction of sp³-hybridized carbons (Fsp3) is 0.304. The Morgan fingerprint density at radius 1 is 1.03 bits per heavy atom. The monoisotopic (exact) mass is 387 g/mol. The van der Waals surface area contributed by atoms with Crippen LogP contribution in [0.5, 0.6) is 0 Å². The standard InChI is InChI=1S/C23H25N5O/c1-16-5-3-7-20(17(16)2)25-23(29)18-10-13-28(14-11-18)22-9-8-21(26-27-22)19-6-4-12-24-15-19/h3-9,12,15,18H,10-11,13-14H2,1-2H3,(H,25,29). The lowest BCUT2D eigenvalue weighted by molar-refractivity contribution is -0.120. The number of carbonyl (C=O) groups excluding carboxylic acids is 1. The summed E-state index contributed by atoms with van der Waals surface area (Å²) in [5.41, 5.74) is 4.99. The van der Waals surface area contributed by atoms with Crippen LogP contribution < -0.4 is 10.2 Å². The average molecular weight is 387 g/mol. The molecule has 1 aliphatic heterocycles. The second-order valence-electron chi connectivity index (χ2n) is 7.52. The van der Waals surface area contributed by atoms with E-state index in [1.165, 1.54) is 5.56 Å². The first-order valence-electron chi connectivity index (χ1n) is 9.98. The molecular formula is C23H25N5O. The lowest BCUT2D eigenvalue weighted by Gasteiger charge is -2.32. The van der Waals surface area contributed by atoms with Gasteiger partial charge in [0, 0.05) is 42.7 Å². The summed E-state index contributed by atoms with van der Waals surface area (Å²) in [5, 5.41) is 11.8. The van der Waals surface area contributed by atoms with Gasteiger partial charge >= 0.3 is 0 Å². The number of hydrogen-bond donors (Lipinski definition) is 1. The van der Waals surface area contributed by atoms with E-state index in [-0.39, 0.29) is 11.8 Å². The van der Waals surface area contributed by atoms with E-state index in [0.29, 0.717) is 0 Å². The minimum atomic E-state index is 0.0220. The molecule has 6 heteroatoms. The molecule has 0 saturated carbocycles. The van der Waals surface area contributed by atoms with Crippen molar-refractivity contribution in [2.24, 2.45) is 5.92 Å². The third-order valence-corrected chi connectivity index (χ3v) is 5.66. The molecule has 6 nitrogen and oxygen atoms in total. The first-order chi connectivity index (χ1) is 14.1. The molecule has 1 aromatic carbocycles. The molecule has 0 atom stereocenters. The first kappa shape index (κ1) is 19.1. The summed E-state index contributed by atoms with van der Waals surface area (Å²) in [6.07, 6.45) is 5.14. The summed E-state index contributed by atoms with van der Waals surface area (Å²) in [7, 11) is 0. The molecule has 2 aromatic heterocycles. The van der Waals surface area contributed by atoms with E-state index in [1.54, 1.807) is 12.4 Å². The number of amides is 1. The van der Waals surface area contributed by atoms with Gasteiger partial charge in [0.15, 0.2) is 5.82 Å². The highest BCUT2D eigenvalue weighted by Crippen LogP contribution is 2.25. The molecule has 0 spiro atoms. The minimum Gasteiger partial charge on any atom is -0.355 e. The van der Waals surface area contributed by atoms with Crippen LogP contribution in [0.1, 0.15) is 24.0 Å². The molecule has 4 rings (SSSR count). The fourth-order valence-electron chi connectivity index (χ4n) is 3.65. The molecule has 0 radical (unpaired) electrons. The molecule has 29 heavy (non-hydrogen) atoms. The van der Waals surface area contributed by atoms with Crippen molar-refractivity contribution in [2.45, 2.75) is 26.7 Å². The Morgan fingerprint density at radius 2 is 1.86 bits per heavy atom. The fourth-order valence-corrected chi connectivity index (χ4v) is 3.65. The zero-order chi connectivity index (χ0) is 20.2. The summed E-state index contributed by atoms with van der Waals surface area (Å²) in [4.78, 5) is 19.0. The van der Waals surface area contributed by atoms with Gasteiger partial charge in [0.1, 0.15) is 0 Å². The molecule has 0 unspecified atom stereocenters. The molecule has 1 saturated heterocycles. The van der Waals surface area contributed by atoms with E-state index >= 15 is 0 Å². The zero-order valence-electron chi connectivity index (χ0n) is 16.8. The Balaban J connectivity index is 1.35. The lowest BCUT2D eigenvalue weighted by Crippen LogP contribution is -2.38. The molecule has 0 aliphatic carbocycles. The van der Waals surface area contributed by atoms with Gasteiger partial charge in [-0.1, -0.05) is 12.1 Å². The Kier molecular flexibility index (Phi) is 5.51. The number of pyridine rings is 1. The number of rotatable bonds is 4. The van der Waals surface area contributed by atoms with Crippen LogP contribution in [0.25, 0.3) is 11.3 Å². The van der Waals surface area contributed by atoms with Gasteiger partial charge in [0.05, 0.1) is 5.69 Å². The number of aromatic nitrogens is 3. The van der Waals surface area contributed by atoms with E-state index in [4.69, 9.17) is 0 Å². The summed E-state index contributed by atoms with van der Waals surface area (Å²) in [6.45, 7) is 5.70. The Bertz CT molecular complexity index is 980. The van der Waals surface area contributed by atoms with Crippen molar-refractivity contribution in [3.63, 3.8) is 0 Å². The van der Waals surface area contributed by atoms with Crippen LogP contribution in [0.3, 0.4) is 0 Å². The van der Waals surface area contributed by atoms with Gasteiger partial charge in [0.25, 0.3) is 0 Å². The van der Waals surface area contributed by atoms with Gasteiger partial charge in [-0.15, -0.1) is 10.2 Å². The van der Waals surface area contributed by atoms with Crippen molar-refractivity contribution in [2.75, 3.05) is 23.3 Å². The van der Waals surface area contributed by atoms with Crippen molar-refractivity contribution >= 4 is 17.4 Å². The van der Waals surface area contributed by atoms with Crippen LogP contribution in [0.15, 0.2) is 54.9 Å². The maximum Gasteiger partial charge on any atom is 0.227 e. The quantitative estimate of drug-likeness (QED) is 0.732. The molecule has 1 aliphatic rings. The highest BCUT2D eigenvalue weighted by atomic mass is 16.1. The molecule has 1 fully saturated rings. The van der Waals surface area contributed by atoms with Gasteiger partial charge in [-0.25, -0.2) is 0 Å². The van der Waals surface area contributed by atoms with Crippen LogP contribution in [0, 0.1) is 19.8 Å². The van der Waals surface area contributed by atoms with Gasteiger partial charge < -0.3 is 10.2 Å². The van der Waals surface area contributed by atoms with E-state index in [0.717, 1.165) is 54.3 Å². The van der Waals surface area contributed by atoms with Crippen molar-refractivity contribution in [1.29, 1.82) is 0 Å². The number of nitrogens with zero attached hydrogens (tertiary/aromatic N) is 4. The first-order valence-corrected chi connectivity index (χ1v) is 9.98. The van der Waals surface area contributed by atoms with Crippen LogP contribution in [-0.4, -0.2) is 34.2 Å². The van der Waals surface area contributed by atoms with Crippen LogP contribution in [0.4, 0.5) is 11.5 Å². The Labute approximate surface area is 171 Å². The van der Waals surface area contributed by atoms with E-state index in [9.17, 15) is 4.79 Å². The number of piperidine rings is 1. The third-order valence-electron chi connectivity index (χ3n) is 5.66. The van der Waals surface area contributed by atoms with Crippen LogP contribution in [-0.2, 0) is 4.79 Å². The number of nitrogens with one attached hydrogen (secondary N) is 1. The topological polar surface area (TPSA) is 71.0 Å². The van der Waals surface area contributed by atoms with E-state index in [2.05, 4.69) is 38.4 Å². The normalized spacial score (nSPS) is 14.6. The van der Waals surface area contributed by atoms with Crippen molar-refractivity contribution in [1.82, 2.24) is 15.2 Å². The Hall–Kier alpha value is -3.28. The molecule has 1 amide bonds. The van der Waals surface area contributed by atoms with Crippen molar-refractivity contribution in [3.8, 4) is 11.3 Å². The van der Waals surface area contributed by atoms with Crippen LogP contribution in [0.2, 0.25) is 0 Å². The molecule has 3 heterocycles. The second-order valence-corrected chi connectivity index (χ2v) is 7.52. The maximum absolute atomic E-state index is 12.7. The van der Waals surface area contributed by atoms with Crippen LogP contribution >= 0.6 is 0 Å². The number of benzene rings is 1. The molecule has 3 aromatic rings. The molecule has 0 bridgehead atoms. The number of carbonyl (C=O) groups is 1. The highest BCUT2D eigenvalue weighted by Gasteiger charge is 2.26. The van der Waals surface area contributed by atoms with Gasteiger partial charge in [-0.2, -0.15) is 0 Å². The largest absolute Gasteiger partial charge is 0.355 e. The van der Waals surface area contributed by atoms with Gasteiger partial charge in [-0.05, 0) is 68.1 Å².